The first-order valence-electron chi connectivity index (χ1n) is 6.54. The molecule has 0 saturated carbocycles. The molecular formula is C15H14Cl2N2O3. The highest BCUT2D eigenvalue weighted by Gasteiger charge is 2.16. The molecule has 1 aromatic heterocycles. The van der Waals surface area contributed by atoms with E-state index in [-0.39, 0.29) is 30.7 Å². The lowest BCUT2D eigenvalue weighted by Gasteiger charge is -2.22. The van der Waals surface area contributed by atoms with Crippen LogP contribution < -0.4 is 10.2 Å². The van der Waals surface area contributed by atoms with Crippen molar-refractivity contribution in [3.63, 3.8) is 0 Å². The zero-order valence-electron chi connectivity index (χ0n) is 11.8. The van der Waals surface area contributed by atoms with E-state index in [0.29, 0.717) is 15.7 Å². The molecule has 0 unspecified atom stereocenters. The normalized spacial score (nSPS) is 10.3. The Morgan fingerprint density at radius 1 is 1.27 bits per heavy atom. The molecule has 0 saturated heterocycles. The van der Waals surface area contributed by atoms with Gasteiger partial charge in [-0.05, 0) is 30.3 Å². The fraction of sp³-hybridized carbons (Fsp3) is 0.200. The Morgan fingerprint density at radius 2 is 2.05 bits per heavy atom. The number of benzene rings is 1. The van der Waals surface area contributed by atoms with E-state index in [9.17, 15) is 9.59 Å². The third kappa shape index (κ3) is 4.02. The smallest absolute Gasteiger partial charge is 0.287 e. The molecule has 1 N–H and O–H groups in total. The minimum atomic E-state index is -0.337. The minimum Gasteiger partial charge on any atom is -0.459 e. The van der Waals surface area contributed by atoms with Gasteiger partial charge in [-0.25, -0.2) is 0 Å². The van der Waals surface area contributed by atoms with E-state index in [1.165, 1.54) is 18.1 Å². The van der Waals surface area contributed by atoms with E-state index in [2.05, 4.69) is 5.32 Å². The number of hydrogen-bond acceptors (Lipinski definition) is 3. The number of carbonyl (C=O) groups excluding carboxylic acids is 2. The van der Waals surface area contributed by atoms with Crippen molar-refractivity contribution in [2.45, 2.75) is 6.92 Å². The van der Waals surface area contributed by atoms with Crippen LogP contribution in [-0.4, -0.2) is 24.9 Å². The zero-order chi connectivity index (χ0) is 16.1. The third-order valence-corrected chi connectivity index (χ3v) is 3.48. The molecule has 0 radical (unpaired) electrons. The van der Waals surface area contributed by atoms with Crippen molar-refractivity contribution in [2.75, 3.05) is 18.0 Å². The summed E-state index contributed by atoms with van der Waals surface area (Å²) in [5.41, 5.74) is 0.547. The second-order valence-electron chi connectivity index (χ2n) is 4.50. The van der Waals surface area contributed by atoms with E-state index >= 15 is 0 Å². The molecule has 2 aromatic rings. The number of furan rings is 1. The molecule has 1 aromatic carbocycles. The maximum absolute atomic E-state index is 11.8. The lowest BCUT2D eigenvalue weighted by molar-refractivity contribution is -0.116. The lowest BCUT2D eigenvalue weighted by atomic mass is 10.2. The van der Waals surface area contributed by atoms with Gasteiger partial charge >= 0.3 is 0 Å². The maximum Gasteiger partial charge on any atom is 0.287 e. The van der Waals surface area contributed by atoms with Crippen LogP contribution in [0.2, 0.25) is 10.0 Å². The molecule has 2 rings (SSSR count). The molecule has 0 aliphatic heterocycles. The Balaban J connectivity index is 2.01. The van der Waals surface area contributed by atoms with Gasteiger partial charge in [-0.3, -0.25) is 9.59 Å². The predicted molar refractivity (Wildman–Crippen MR) is 85.5 cm³/mol. The summed E-state index contributed by atoms with van der Waals surface area (Å²) in [5, 5.41) is 3.54. The van der Waals surface area contributed by atoms with Gasteiger partial charge in [0.1, 0.15) is 0 Å². The molecule has 0 bridgehead atoms. The van der Waals surface area contributed by atoms with Crippen LogP contribution in [-0.2, 0) is 4.79 Å². The van der Waals surface area contributed by atoms with Crippen molar-refractivity contribution in [1.82, 2.24) is 5.32 Å². The Labute approximate surface area is 137 Å². The third-order valence-electron chi connectivity index (χ3n) is 2.95. The van der Waals surface area contributed by atoms with Crippen molar-refractivity contribution in [3.05, 3.63) is 52.4 Å². The van der Waals surface area contributed by atoms with Gasteiger partial charge in [-0.15, -0.1) is 0 Å². The highest BCUT2D eigenvalue weighted by Crippen LogP contribution is 2.28. The average Bonchev–Trinajstić information content (AvgIpc) is 2.98. The topological polar surface area (TPSA) is 62.6 Å². The van der Waals surface area contributed by atoms with Crippen LogP contribution in [0.25, 0.3) is 0 Å². The van der Waals surface area contributed by atoms with Gasteiger partial charge < -0.3 is 14.6 Å². The molecule has 2 amide bonds. The zero-order valence-corrected chi connectivity index (χ0v) is 13.3. The molecule has 0 fully saturated rings. The summed E-state index contributed by atoms with van der Waals surface area (Å²) < 4.78 is 4.99. The Kier molecular flexibility index (Phi) is 5.46. The van der Waals surface area contributed by atoms with Gasteiger partial charge in [-0.2, -0.15) is 0 Å². The van der Waals surface area contributed by atoms with Crippen molar-refractivity contribution in [2.24, 2.45) is 0 Å². The first-order chi connectivity index (χ1) is 10.5. The largest absolute Gasteiger partial charge is 0.459 e. The van der Waals surface area contributed by atoms with Crippen LogP contribution in [0.3, 0.4) is 0 Å². The molecule has 7 heteroatoms. The van der Waals surface area contributed by atoms with Crippen molar-refractivity contribution in [1.29, 1.82) is 0 Å². The highest BCUT2D eigenvalue weighted by molar-refractivity contribution is 6.36. The highest BCUT2D eigenvalue weighted by atomic mass is 35.5. The molecule has 0 spiro atoms. The monoisotopic (exact) mass is 340 g/mol. The van der Waals surface area contributed by atoms with Crippen molar-refractivity contribution in [3.8, 4) is 0 Å². The van der Waals surface area contributed by atoms with Crippen molar-refractivity contribution >= 4 is 40.7 Å². The number of hydrogen-bond donors (Lipinski definition) is 1. The van der Waals surface area contributed by atoms with E-state index in [4.69, 9.17) is 27.6 Å². The predicted octanol–water partition coefficient (Wildman–Crippen LogP) is 3.37. The van der Waals surface area contributed by atoms with Crippen LogP contribution in [0, 0.1) is 0 Å². The van der Waals surface area contributed by atoms with E-state index in [1.54, 1.807) is 30.3 Å². The summed E-state index contributed by atoms with van der Waals surface area (Å²) in [7, 11) is 0. The Hall–Kier alpha value is -1.98. The summed E-state index contributed by atoms with van der Waals surface area (Å²) in [4.78, 5) is 25.0. The van der Waals surface area contributed by atoms with Gasteiger partial charge in [0, 0.05) is 25.0 Å². The quantitative estimate of drug-likeness (QED) is 0.907. The van der Waals surface area contributed by atoms with E-state index in [0.717, 1.165) is 0 Å². The number of nitrogens with one attached hydrogen (secondary N) is 1. The fourth-order valence-corrected chi connectivity index (χ4v) is 2.43. The average molecular weight is 341 g/mol. The number of anilines is 1. The van der Waals surface area contributed by atoms with Crippen LogP contribution in [0.4, 0.5) is 5.69 Å². The summed E-state index contributed by atoms with van der Waals surface area (Å²) >= 11 is 12.0. The van der Waals surface area contributed by atoms with Crippen LogP contribution >= 0.6 is 23.2 Å². The molecule has 5 nitrogen and oxygen atoms in total. The van der Waals surface area contributed by atoms with Gasteiger partial charge in [0.25, 0.3) is 5.91 Å². The number of rotatable bonds is 5. The SMILES string of the molecule is CC(=O)N(CCNC(=O)c1ccco1)c1ccc(Cl)cc1Cl. The lowest BCUT2D eigenvalue weighted by Crippen LogP contribution is -2.37. The number of carbonyl (C=O) groups is 2. The minimum absolute atomic E-state index is 0.184. The molecule has 0 aliphatic rings. The molecule has 0 aliphatic carbocycles. The standard InChI is InChI=1S/C15H14Cl2N2O3/c1-10(20)19(13-5-4-11(16)9-12(13)17)7-6-18-15(21)14-3-2-8-22-14/h2-5,8-9H,6-7H2,1H3,(H,18,21). The van der Waals surface area contributed by atoms with Crippen LogP contribution in [0.1, 0.15) is 17.5 Å². The molecule has 0 atom stereocenters. The van der Waals surface area contributed by atoms with Gasteiger partial charge in [0.05, 0.1) is 17.0 Å². The fourth-order valence-electron chi connectivity index (χ4n) is 1.92. The first kappa shape index (κ1) is 16.4. The van der Waals surface area contributed by atoms with E-state index < -0.39 is 0 Å². The summed E-state index contributed by atoms with van der Waals surface area (Å²) in [6.07, 6.45) is 1.42. The van der Waals surface area contributed by atoms with Crippen molar-refractivity contribution < 1.29 is 14.0 Å². The summed E-state index contributed by atoms with van der Waals surface area (Å²) in [6, 6.07) is 8.08. The maximum atomic E-state index is 11.8. The molecular weight excluding hydrogens is 327 g/mol. The van der Waals surface area contributed by atoms with Crippen LogP contribution in [0.15, 0.2) is 41.0 Å². The number of nitrogens with zero attached hydrogens (tertiary/aromatic N) is 1. The van der Waals surface area contributed by atoms with Gasteiger partial charge in [0.15, 0.2) is 5.76 Å². The molecule has 22 heavy (non-hydrogen) atoms. The van der Waals surface area contributed by atoms with Gasteiger partial charge in [0.2, 0.25) is 5.91 Å². The van der Waals surface area contributed by atoms with E-state index in [1.807, 2.05) is 0 Å². The van der Waals surface area contributed by atoms with Gasteiger partial charge in [-0.1, -0.05) is 23.2 Å². The second kappa shape index (κ2) is 7.33. The van der Waals surface area contributed by atoms with Crippen LogP contribution in [0.5, 0.6) is 0 Å². The summed E-state index contributed by atoms with van der Waals surface area (Å²) in [5.74, 6) is -0.300. The molecule has 1 heterocycles. The Morgan fingerprint density at radius 3 is 2.64 bits per heavy atom. The molecule has 116 valence electrons. The Bertz CT molecular complexity index is 671. The number of amides is 2. The number of halogens is 2. The summed E-state index contributed by atoms with van der Waals surface area (Å²) in [6.45, 7) is 1.97. The second-order valence-corrected chi connectivity index (χ2v) is 5.34. The first-order valence-corrected chi connectivity index (χ1v) is 7.29.